The molecule has 196 valence electrons. The van der Waals surface area contributed by atoms with Crippen LogP contribution in [0.1, 0.15) is 45.4 Å². The maximum Gasteiger partial charge on any atom is 0.254 e. The predicted molar refractivity (Wildman–Crippen MR) is 146 cm³/mol. The number of hydrogen-bond acceptors (Lipinski definition) is 4. The molecule has 3 heterocycles. The Hall–Kier alpha value is -3.71. The number of hydrogen-bond donors (Lipinski definition) is 1. The van der Waals surface area contributed by atoms with Crippen molar-refractivity contribution in [2.75, 3.05) is 50.7 Å². The van der Waals surface area contributed by atoms with Gasteiger partial charge in [0.15, 0.2) is 0 Å². The lowest BCUT2D eigenvalue weighted by atomic mass is 9.76. The number of carbonyl (C=O) groups excluding carboxylic acids is 2. The van der Waals surface area contributed by atoms with Crippen molar-refractivity contribution >= 4 is 17.5 Å². The standard InChI is InChI=1S/C31H33FN4O2/c32-26-12-5-6-13-27(26)35-20-18-34(19-21-35)16-7-15-33-30(37)28-24-10-3-4-11-25(24)31(38)36-17-14-22-8-1-2-9-23(22)29(28)36/h1-6,8-13,28-29H,7,14-21H2,(H,33,37)/t28-,29+/m0/s1. The Morgan fingerprint density at radius 1 is 0.868 bits per heavy atom. The second-order valence-electron chi connectivity index (χ2n) is 10.4. The summed E-state index contributed by atoms with van der Waals surface area (Å²) in [7, 11) is 0. The summed E-state index contributed by atoms with van der Waals surface area (Å²) in [5, 5.41) is 3.19. The Balaban J connectivity index is 1.09. The monoisotopic (exact) mass is 512 g/mol. The Morgan fingerprint density at radius 2 is 1.58 bits per heavy atom. The summed E-state index contributed by atoms with van der Waals surface area (Å²) in [4.78, 5) is 33.4. The minimum atomic E-state index is -0.435. The van der Waals surface area contributed by atoms with E-state index in [0.29, 0.717) is 24.3 Å². The average Bonchev–Trinajstić information content (AvgIpc) is 2.96. The minimum absolute atomic E-state index is 0.0127. The zero-order valence-corrected chi connectivity index (χ0v) is 21.5. The van der Waals surface area contributed by atoms with Gasteiger partial charge in [0.1, 0.15) is 5.82 Å². The number of amides is 2. The molecule has 0 aliphatic carbocycles. The highest BCUT2D eigenvalue weighted by molar-refractivity contribution is 6.01. The van der Waals surface area contributed by atoms with Crippen LogP contribution in [0.15, 0.2) is 72.8 Å². The van der Waals surface area contributed by atoms with Gasteiger partial charge in [-0.2, -0.15) is 0 Å². The first kappa shape index (κ1) is 24.6. The van der Waals surface area contributed by atoms with Crippen molar-refractivity contribution in [3.05, 3.63) is 101 Å². The van der Waals surface area contributed by atoms with Crippen molar-refractivity contribution in [1.82, 2.24) is 15.1 Å². The molecule has 2 amide bonds. The van der Waals surface area contributed by atoms with E-state index in [1.54, 1.807) is 6.07 Å². The van der Waals surface area contributed by atoms with E-state index >= 15 is 0 Å². The summed E-state index contributed by atoms with van der Waals surface area (Å²) in [6, 6.07) is 22.4. The van der Waals surface area contributed by atoms with Crippen LogP contribution in [-0.2, 0) is 11.2 Å². The van der Waals surface area contributed by atoms with Gasteiger partial charge >= 0.3 is 0 Å². The number of anilines is 1. The lowest BCUT2D eigenvalue weighted by molar-refractivity contribution is -0.124. The average molecular weight is 513 g/mol. The molecule has 6 rings (SSSR count). The third-order valence-corrected chi connectivity index (χ3v) is 8.23. The number of fused-ring (bicyclic) bond motifs is 4. The SMILES string of the molecule is O=C(NCCCN1CCN(c2ccccc2F)CC1)[C@H]1c2ccccc2C(=O)N2CCc3ccccc3[C@H]12. The van der Waals surface area contributed by atoms with Gasteiger partial charge in [-0.25, -0.2) is 4.39 Å². The lowest BCUT2D eigenvalue weighted by Gasteiger charge is -2.45. The van der Waals surface area contributed by atoms with E-state index in [9.17, 15) is 14.0 Å². The van der Waals surface area contributed by atoms with Crippen molar-refractivity contribution in [2.45, 2.75) is 24.8 Å². The number of benzene rings is 3. The molecule has 2 atom stereocenters. The van der Waals surface area contributed by atoms with Crippen LogP contribution in [0.25, 0.3) is 0 Å². The summed E-state index contributed by atoms with van der Waals surface area (Å²) in [5.41, 5.74) is 4.42. The van der Waals surface area contributed by atoms with E-state index in [-0.39, 0.29) is 23.7 Å². The first-order chi connectivity index (χ1) is 18.6. The van der Waals surface area contributed by atoms with E-state index in [2.05, 4.69) is 27.2 Å². The van der Waals surface area contributed by atoms with Crippen LogP contribution in [0.3, 0.4) is 0 Å². The zero-order valence-electron chi connectivity index (χ0n) is 21.5. The summed E-state index contributed by atoms with van der Waals surface area (Å²) < 4.78 is 14.1. The summed E-state index contributed by atoms with van der Waals surface area (Å²) >= 11 is 0. The first-order valence-electron chi connectivity index (χ1n) is 13.6. The van der Waals surface area contributed by atoms with Gasteiger partial charge in [-0.05, 0) is 54.3 Å². The number of nitrogens with zero attached hydrogens (tertiary/aromatic N) is 3. The van der Waals surface area contributed by atoms with E-state index in [1.807, 2.05) is 53.4 Å². The van der Waals surface area contributed by atoms with Crippen LogP contribution < -0.4 is 10.2 Å². The molecule has 0 unspecified atom stereocenters. The molecule has 0 aromatic heterocycles. The molecular formula is C31H33FN4O2. The molecule has 1 fully saturated rings. The van der Waals surface area contributed by atoms with Gasteiger partial charge in [0.25, 0.3) is 5.91 Å². The van der Waals surface area contributed by atoms with Crippen molar-refractivity contribution in [1.29, 1.82) is 0 Å². The molecule has 6 nitrogen and oxygen atoms in total. The van der Waals surface area contributed by atoms with Gasteiger partial charge in [-0.1, -0.05) is 54.6 Å². The van der Waals surface area contributed by atoms with Gasteiger partial charge in [0.05, 0.1) is 17.6 Å². The Labute approximate surface area is 223 Å². The molecule has 3 aliphatic rings. The number of carbonyl (C=O) groups is 2. The van der Waals surface area contributed by atoms with Crippen molar-refractivity contribution in [3.8, 4) is 0 Å². The van der Waals surface area contributed by atoms with E-state index < -0.39 is 5.92 Å². The molecule has 3 aliphatic heterocycles. The highest BCUT2D eigenvalue weighted by Crippen LogP contribution is 2.45. The summed E-state index contributed by atoms with van der Waals surface area (Å²) in [6.07, 6.45) is 1.64. The number of nitrogens with one attached hydrogen (secondary N) is 1. The Morgan fingerprint density at radius 3 is 2.39 bits per heavy atom. The number of rotatable bonds is 6. The molecule has 1 saturated heterocycles. The zero-order chi connectivity index (χ0) is 26.1. The summed E-state index contributed by atoms with van der Waals surface area (Å²) in [6.45, 7) is 5.39. The molecule has 3 aromatic rings. The fourth-order valence-electron chi connectivity index (χ4n) is 6.30. The third kappa shape index (κ3) is 4.56. The molecule has 1 N–H and O–H groups in total. The Kier molecular flexibility index (Phi) is 6.85. The molecule has 38 heavy (non-hydrogen) atoms. The van der Waals surface area contributed by atoms with Gasteiger partial charge < -0.3 is 15.1 Å². The van der Waals surface area contributed by atoms with Crippen molar-refractivity contribution in [2.24, 2.45) is 0 Å². The molecule has 0 radical (unpaired) electrons. The van der Waals surface area contributed by atoms with Crippen molar-refractivity contribution in [3.63, 3.8) is 0 Å². The van der Waals surface area contributed by atoms with Crippen LogP contribution >= 0.6 is 0 Å². The highest BCUT2D eigenvalue weighted by Gasteiger charge is 2.46. The van der Waals surface area contributed by atoms with Gasteiger partial charge in [-0.3, -0.25) is 14.5 Å². The molecular weight excluding hydrogens is 479 g/mol. The fraction of sp³-hybridized carbons (Fsp3) is 0.355. The number of piperazine rings is 1. The van der Waals surface area contributed by atoms with Crippen LogP contribution in [0.4, 0.5) is 10.1 Å². The summed E-state index contributed by atoms with van der Waals surface area (Å²) in [5.74, 6) is -0.622. The Bertz CT molecular complexity index is 1340. The van der Waals surface area contributed by atoms with Gasteiger partial charge in [0.2, 0.25) is 5.91 Å². The topological polar surface area (TPSA) is 55.9 Å². The number of para-hydroxylation sites is 1. The molecule has 7 heteroatoms. The molecule has 0 bridgehead atoms. The molecule has 0 saturated carbocycles. The van der Waals surface area contributed by atoms with E-state index in [1.165, 1.54) is 11.6 Å². The predicted octanol–water partition coefficient (Wildman–Crippen LogP) is 3.99. The quantitative estimate of drug-likeness (QED) is 0.508. The van der Waals surface area contributed by atoms with E-state index in [4.69, 9.17) is 0 Å². The van der Waals surface area contributed by atoms with Crippen molar-refractivity contribution < 1.29 is 14.0 Å². The van der Waals surface area contributed by atoms with Crippen LogP contribution in [0, 0.1) is 5.82 Å². The lowest BCUT2D eigenvalue weighted by Crippen LogP contribution is -2.50. The molecule has 3 aromatic carbocycles. The van der Waals surface area contributed by atoms with Gasteiger partial charge in [-0.15, -0.1) is 0 Å². The van der Waals surface area contributed by atoms with Gasteiger partial charge in [0, 0.05) is 44.8 Å². The van der Waals surface area contributed by atoms with Crippen LogP contribution in [0.5, 0.6) is 0 Å². The largest absolute Gasteiger partial charge is 0.367 e. The van der Waals surface area contributed by atoms with Crippen LogP contribution in [-0.4, -0.2) is 67.4 Å². The normalized spacial score (nSPS) is 20.9. The second kappa shape index (κ2) is 10.6. The maximum absolute atomic E-state index is 14.1. The van der Waals surface area contributed by atoms with Crippen LogP contribution in [0.2, 0.25) is 0 Å². The fourth-order valence-corrected chi connectivity index (χ4v) is 6.30. The molecule has 0 spiro atoms. The smallest absolute Gasteiger partial charge is 0.254 e. The first-order valence-corrected chi connectivity index (χ1v) is 13.6. The minimum Gasteiger partial charge on any atom is -0.367 e. The highest BCUT2D eigenvalue weighted by atomic mass is 19.1. The number of halogens is 1. The maximum atomic E-state index is 14.1. The third-order valence-electron chi connectivity index (χ3n) is 8.23. The second-order valence-corrected chi connectivity index (χ2v) is 10.4. The van der Waals surface area contributed by atoms with E-state index in [0.717, 1.165) is 56.7 Å².